The normalized spacial score (nSPS) is 17.6. The quantitative estimate of drug-likeness (QED) is 0.605. The van der Waals surface area contributed by atoms with Crippen molar-refractivity contribution < 1.29 is 17.4 Å². The van der Waals surface area contributed by atoms with Crippen LogP contribution in [0.15, 0.2) is 6.07 Å². The smallest absolute Gasteiger partial charge is 0.355 e. The second kappa shape index (κ2) is 5.29. The molecular formula is C9H12F3N5OS. The van der Waals surface area contributed by atoms with Gasteiger partial charge in [0.2, 0.25) is 5.95 Å². The highest BCUT2D eigenvalue weighted by Gasteiger charge is 2.34. The molecule has 3 N–H and O–H groups in total. The molecule has 1 aromatic heterocycles. The highest BCUT2D eigenvalue weighted by molar-refractivity contribution is 7.85. The number of rotatable bonds is 2. The molecule has 1 aromatic rings. The zero-order valence-electron chi connectivity index (χ0n) is 9.78. The van der Waals surface area contributed by atoms with Gasteiger partial charge in [0.1, 0.15) is 5.82 Å². The van der Waals surface area contributed by atoms with Gasteiger partial charge < -0.3 is 4.90 Å². The van der Waals surface area contributed by atoms with E-state index in [1.807, 2.05) is 5.43 Å². The Morgan fingerprint density at radius 2 is 1.95 bits per heavy atom. The molecule has 0 bridgehead atoms. The average molecular weight is 295 g/mol. The number of nitrogens with zero attached hydrogens (tertiary/aromatic N) is 3. The second-order valence-electron chi connectivity index (χ2n) is 3.91. The largest absolute Gasteiger partial charge is 0.433 e. The van der Waals surface area contributed by atoms with Gasteiger partial charge >= 0.3 is 6.18 Å². The molecule has 10 heteroatoms. The van der Waals surface area contributed by atoms with Gasteiger partial charge in [-0.15, -0.1) is 0 Å². The lowest BCUT2D eigenvalue weighted by Gasteiger charge is -2.27. The summed E-state index contributed by atoms with van der Waals surface area (Å²) in [6.07, 6.45) is -4.57. The van der Waals surface area contributed by atoms with Gasteiger partial charge in [-0.3, -0.25) is 9.63 Å². The number of nitrogens with one attached hydrogen (secondary N) is 1. The summed E-state index contributed by atoms with van der Waals surface area (Å²) in [5.74, 6) is 5.74. The Bertz CT molecular complexity index is 485. The Hall–Kier alpha value is -1.42. The molecule has 1 aliphatic rings. The van der Waals surface area contributed by atoms with Crippen LogP contribution in [0.1, 0.15) is 5.69 Å². The van der Waals surface area contributed by atoms with E-state index in [-0.39, 0.29) is 11.8 Å². The molecule has 1 aliphatic heterocycles. The Kier molecular flexibility index (Phi) is 3.90. The molecule has 0 spiro atoms. The lowest BCUT2D eigenvalue weighted by atomic mass is 10.3. The Morgan fingerprint density at radius 3 is 2.47 bits per heavy atom. The van der Waals surface area contributed by atoms with Crippen LogP contribution in [0, 0.1) is 0 Å². The van der Waals surface area contributed by atoms with Crippen LogP contribution in [0.4, 0.5) is 24.9 Å². The summed E-state index contributed by atoms with van der Waals surface area (Å²) in [6.45, 7) is 0.788. The minimum Gasteiger partial charge on any atom is -0.355 e. The third-order valence-corrected chi connectivity index (χ3v) is 3.91. The highest BCUT2D eigenvalue weighted by atomic mass is 32.2. The summed E-state index contributed by atoms with van der Waals surface area (Å²) < 4.78 is 49.3. The third kappa shape index (κ3) is 3.32. The van der Waals surface area contributed by atoms with Crippen molar-refractivity contribution in [2.75, 3.05) is 34.9 Å². The first kappa shape index (κ1) is 14.0. The van der Waals surface area contributed by atoms with Crippen LogP contribution in [-0.4, -0.2) is 38.8 Å². The van der Waals surface area contributed by atoms with E-state index >= 15 is 0 Å². The molecular weight excluding hydrogens is 283 g/mol. The van der Waals surface area contributed by atoms with Crippen molar-refractivity contribution >= 4 is 22.6 Å². The molecule has 1 saturated heterocycles. The summed E-state index contributed by atoms with van der Waals surface area (Å²) in [4.78, 5) is 8.81. The first-order chi connectivity index (χ1) is 8.90. The summed E-state index contributed by atoms with van der Waals surface area (Å²) in [6, 6.07) is 0.870. The van der Waals surface area contributed by atoms with Gasteiger partial charge in [0.25, 0.3) is 0 Å². The third-order valence-electron chi connectivity index (χ3n) is 2.63. The molecule has 0 aliphatic carbocycles. The number of nitrogens with two attached hydrogens (primary N) is 1. The van der Waals surface area contributed by atoms with Gasteiger partial charge in [-0.25, -0.2) is 10.8 Å². The molecule has 0 radical (unpaired) electrons. The van der Waals surface area contributed by atoms with Crippen molar-refractivity contribution in [2.45, 2.75) is 6.18 Å². The number of hydrogen-bond acceptors (Lipinski definition) is 6. The molecule has 0 atom stereocenters. The molecule has 0 amide bonds. The summed E-state index contributed by atoms with van der Waals surface area (Å²) in [5.41, 5.74) is 0.961. The van der Waals surface area contributed by atoms with Crippen LogP contribution in [0.2, 0.25) is 0 Å². The minimum atomic E-state index is -4.57. The fraction of sp³-hybridized carbons (Fsp3) is 0.556. The van der Waals surface area contributed by atoms with E-state index in [0.29, 0.717) is 24.6 Å². The lowest BCUT2D eigenvalue weighted by molar-refractivity contribution is -0.141. The monoisotopic (exact) mass is 295 g/mol. The second-order valence-corrected chi connectivity index (χ2v) is 5.61. The van der Waals surface area contributed by atoms with E-state index < -0.39 is 22.7 Å². The van der Waals surface area contributed by atoms with Gasteiger partial charge in [-0.2, -0.15) is 18.2 Å². The van der Waals surface area contributed by atoms with Crippen LogP contribution in [0.5, 0.6) is 0 Å². The van der Waals surface area contributed by atoms with Crippen LogP contribution < -0.4 is 16.2 Å². The molecule has 2 rings (SSSR count). The number of halogens is 3. The van der Waals surface area contributed by atoms with E-state index in [1.165, 1.54) is 0 Å². The van der Waals surface area contributed by atoms with E-state index in [0.717, 1.165) is 6.07 Å². The Balaban J connectivity index is 2.32. The molecule has 1 fully saturated rings. The lowest BCUT2D eigenvalue weighted by Crippen LogP contribution is -2.38. The summed E-state index contributed by atoms with van der Waals surface area (Å²) >= 11 is 0. The fourth-order valence-corrected chi connectivity index (χ4v) is 2.73. The average Bonchev–Trinajstić information content (AvgIpc) is 2.38. The van der Waals surface area contributed by atoms with E-state index in [1.54, 1.807) is 4.90 Å². The minimum absolute atomic E-state index is 0.131. The van der Waals surface area contributed by atoms with Crippen LogP contribution in [-0.2, 0) is 17.0 Å². The number of anilines is 2. The van der Waals surface area contributed by atoms with Crippen molar-refractivity contribution in [1.29, 1.82) is 0 Å². The fourth-order valence-electron chi connectivity index (χ4n) is 1.67. The maximum absolute atomic E-state index is 12.7. The molecule has 0 saturated carbocycles. The Morgan fingerprint density at radius 1 is 1.32 bits per heavy atom. The predicted molar refractivity (Wildman–Crippen MR) is 64.9 cm³/mol. The highest BCUT2D eigenvalue weighted by Crippen LogP contribution is 2.30. The van der Waals surface area contributed by atoms with Gasteiger partial charge in [0.15, 0.2) is 5.69 Å². The van der Waals surface area contributed by atoms with Crippen LogP contribution in [0.3, 0.4) is 0 Å². The van der Waals surface area contributed by atoms with Crippen molar-refractivity contribution in [3.8, 4) is 0 Å². The molecule has 2 heterocycles. The van der Waals surface area contributed by atoms with E-state index in [4.69, 9.17) is 5.84 Å². The standard InChI is InChI=1S/C9H12F3N5OS/c10-9(11,12)6-5-7(15-8(14-6)16-13)17-1-3-19(18)4-2-17/h5H,1-4,13H2,(H,14,15,16). The predicted octanol–water partition coefficient (Wildman–Crippen LogP) is 0.350. The van der Waals surface area contributed by atoms with Crippen molar-refractivity contribution in [3.05, 3.63) is 11.8 Å². The number of hydrazine groups is 1. The van der Waals surface area contributed by atoms with E-state index in [2.05, 4.69) is 9.97 Å². The maximum atomic E-state index is 12.7. The van der Waals surface area contributed by atoms with Crippen molar-refractivity contribution in [2.24, 2.45) is 5.84 Å². The maximum Gasteiger partial charge on any atom is 0.433 e. The molecule has 106 valence electrons. The molecule has 0 unspecified atom stereocenters. The molecule has 0 aromatic carbocycles. The van der Waals surface area contributed by atoms with Crippen LogP contribution >= 0.6 is 0 Å². The SMILES string of the molecule is NNc1nc(N2CCS(=O)CC2)cc(C(F)(F)F)n1. The first-order valence-electron chi connectivity index (χ1n) is 5.43. The topological polar surface area (TPSA) is 84.1 Å². The van der Waals surface area contributed by atoms with Gasteiger partial charge in [-0.05, 0) is 0 Å². The number of hydrogen-bond donors (Lipinski definition) is 2. The number of aromatic nitrogens is 2. The van der Waals surface area contributed by atoms with Crippen LogP contribution in [0.25, 0.3) is 0 Å². The number of nitrogen functional groups attached to an aromatic ring is 1. The van der Waals surface area contributed by atoms with Gasteiger partial charge in [0, 0.05) is 41.5 Å². The zero-order chi connectivity index (χ0) is 14.0. The first-order valence-corrected chi connectivity index (χ1v) is 6.92. The van der Waals surface area contributed by atoms with Gasteiger partial charge in [0.05, 0.1) is 0 Å². The molecule has 6 nitrogen and oxygen atoms in total. The number of alkyl halides is 3. The zero-order valence-corrected chi connectivity index (χ0v) is 10.6. The van der Waals surface area contributed by atoms with E-state index in [9.17, 15) is 17.4 Å². The Labute approximate surface area is 109 Å². The summed E-state index contributed by atoms with van der Waals surface area (Å²) in [7, 11) is -0.912. The van der Waals surface area contributed by atoms with Gasteiger partial charge in [-0.1, -0.05) is 0 Å². The summed E-state index contributed by atoms with van der Waals surface area (Å²) in [5, 5.41) is 0. The van der Waals surface area contributed by atoms with Crippen molar-refractivity contribution in [3.63, 3.8) is 0 Å². The van der Waals surface area contributed by atoms with Crippen molar-refractivity contribution in [1.82, 2.24) is 9.97 Å². The molecule has 19 heavy (non-hydrogen) atoms.